The molecule has 34 heavy (non-hydrogen) atoms. The monoisotopic (exact) mass is 471 g/mol. The smallest absolute Gasteiger partial charge is 0.257 e. The van der Waals surface area contributed by atoms with E-state index in [2.05, 4.69) is 10.6 Å². The van der Waals surface area contributed by atoms with Gasteiger partial charge in [-0.3, -0.25) is 14.4 Å². The Balaban J connectivity index is 1.83. The van der Waals surface area contributed by atoms with E-state index in [1.165, 1.54) is 30.9 Å². The number of ether oxygens (including phenoxy) is 1. The van der Waals surface area contributed by atoms with E-state index in [0.717, 1.165) is 38.5 Å². The first kappa shape index (κ1) is 25.6. The van der Waals surface area contributed by atoms with E-state index in [1.807, 2.05) is 0 Å². The highest BCUT2D eigenvalue weighted by molar-refractivity contribution is 5.99. The predicted molar refractivity (Wildman–Crippen MR) is 128 cm³/mol. The van der Waals surface area contributed by atoms with Crippen molar-refractivity contribution >= 4 is 11.8 Å². The van der Waals surface area contributed by atoms with Crippen LogP contribution in [-0.4, -0.2) is 36.1 Å². The Hall–Kier alpha value is -3.00. The fourth-order valence-corrected chi connectivity index (χ4v) is 4.25. The molecule has 1 aliphatic rings. The van der Waals surface area contributed by atoms with Crippen LogP contribution in [0.1, 0.15) is 84.2 Å². The zero-order valence-electron chi connectivity index (χ0n) is 19.9. The van der Waals surface area contributed by atoms with E-state index in [0.29, 0.717) is 18.7 Å². The summed E-state index contributed by atoms with van der Waals surface area (Å²) in [6.07, 6.45) is 10.3. The highest BCUT2D eigenvalue weighted by Gasteiger charge is 2.23. The Morgan fingerprint density at radius 2 is 1.62 bits per heavy atom. The van der Waals surface area contributed by atoms with Gasteiger partial charge in [0.2, 0.25) is 5.43 Å². The van der Waals surface area contributed by atoms with Crippen molar-refractivity contribution < 1.29 is 18.7 Å². The summed E-state index contributed by atoms with van der Waals surface area (Å²) in [5.41, 5.74) is -0.0796. The second-order valence-electron chi connectivity index (χ2n) is 8.91. The van der Waals surface area contributed by atoms with Crippen LogP contribution in [0.4, 0.5) is 4.39 Å². The molecule has 1 aromatic heterocycles. The Labute approximate surface area is 199 Å². The molecule has 2 N–H and O–H groups in total. The normalized spacial score (nSPS) is 15.7. The van der Waals surface area contributed by atoms with E-state index >= 15 is 0 Å². The fraction of sp³-hybridized carbons (Fsp3) is 0.500. The third kappa shape index (κ3) is 7.00. The summed E-state index contributed by atoms with van der Waals surface area (Å²) in [5.74, 6) is -1.41. The maximum Gasteiger partial charge on any atom is 0.257 e. The Kier molecular flexibility index (Phi) is 9.39. The molecule has 1 heterocycles. The summed E-state index contributed by atoms with van der Waals surface area (Å²) in [4.78, 5) is 39.3. The third-order valence-corrected chi connectivity index (χ3v) is 6.28. The number of carbonyl (C=O) groups is 2. The van der Waals surface area contributed by atoms with E-state index in [4.69, 9.17) is 4.74 Å². The topological polar surface area (TPSA) is 89.4 Å². The number of hydrogen-bond donors (Lipinski definition) is 2. The van der Waals surface area contributed by atoms with Crippen LogP contribution in [0.15, 0.2) is 41.5 Å². The molecular formula is C26H34FN3O4. The zero-order valence-corrected chi connectivity index (χ0v) is 19.9. The molecule has 0 spiro atoms. The quantitative estimate of drug-likeness (QED) is 0.610. The Morgan fingerprint density at radius 1 is 1.03 bits per heavy atom. The second kappa shape index (κ2) is 12.5. The van der Waals surface area contributed by atoms with Crippen LogP contribution in [0.25, 0.3) is 0 Å². The minimum atomic E-state index is -0.610. The number of nitrogens with one attached hydrogen (secondary N) is 2. The lowest BCUT2D eigenvalue weighted by Crippen LogP contribution is -2.40. The molecule has 1 fully saturated rings. The molecule has 2 aromatic rings. The SMILES string of the molecule is COCCn1cc(C(=O)NC2CCCCCCC2)c(=O)c(C(=O)N[C@@H](C)c2ccc(F)cc2)c1. The Morgan fingerprint density at radius 3 is 2.24 bits per heavy atom. The average molecular weight is 472 g/mol. The van der Waals surface area contributed by atoms with Crippen molar-refractivity contribution in [1.29, 1.82) is 0 Å². The number of methoxy groups -OCH3 is 1. The van der Waals surface area contributed by atoms with Gasteiger partial charge >= 0.3 is 0 Å². The number of carbonyl (C=O) groups excluding carboxylic acids is 2. The van der Waals surface area contributed by atoms with Crippen molar-refractivity contribution in [3.63, 3.8) is 0 Å². The molecule has 1 saturated carbocycles. The fourth-order valence-electron chi connectivity index (χ4n) is 4.25. The molecule has 3 rings (SSSR count). The van der Waals surface area contributed by atoms with Gasteiger partial charge in [0.05, 0.1) is 12.6 Å². The first-order chi connectivity index (χ1) is 16.4. The lowest BCUT2D eigenvalue weighted by atomic mass is 9.96. The molecular weight excluding hydrogens is 437 g/mol. The van der Waals surface area contributed by atoms with Crippen LogP contribution in [-0.2, 0) is 11.3 Å². The van der Waals surface area contributed by atoms with Crippen molar-refractivity contribution in [1.82, 2.24) is 15.2 Å². The minimum Gasteiger partial charge on any atom is -0.383 e. The van der Waals surface area contributed by atoms with Crippen molar-refractivity contribution in [2.45, 2.75) is 70.5 Å². The minimum absolute atomic E-state index is 0.0237. The van der Waals surface area contributed by atoms with Crippen LogP contribution >= 0.6 is 0 Å². The van der Waals surface area contributed by atoms with Crippen molar-refractivity contribution in [2.75, 3.05) is 13.7 Å². The van der Waals surface area contributed by atoms with Gasteiger partial charge in [0.1, 0.15) is 16.9 Å². The Bertz CT molecular complexity index is 1030. The number of amides is 2. The van der Waals surface area contributed by atoms with Crippen molar-refractivity contribution in [3.8, 4) is 0 Å². The molecule has 1 aromatic carbocycles. The molecule has 0 saturated heterocycles. The van der Waals surface area contributed by atoms with Gasteiger partial charge in [0.15, 0.2) is 0 Å². The van der Waals surface area contributed by atoms with E-state index in [9.17, 15) is 18.8 Å². The van der Waals surface area contributed by atoms with E-state index < -0.39 is 23.3 Å². The molecule has 2 amide bonds. The number of pyridine rings is 1. The van der Waals surface area contributed by atoms with Crippen molar-refractivity contribution in [3.05, 3.63) is 69.4 Å². The highest BCUT2D eigenvalue weighted by atomic mass is 19.1. The molecule has 1 aliphatic carbocycles. The predicted octanol–water partition coefficient (Wildman–Crippen LogP) is 3.97. The van der Waals surface area contributed by atoms with Crippen LogP contribution in [0.3, 0.4) is 0 Å². The molecule has 1 atom stereocenters. The third-order valence-electron chi connectivity index (χ3n) is 6.28. The van der Waals surface area contributed by atoms with Gasteiger partial charge in [-0.2, -0.15) is 0 Å². The molecule has 7 nitrogen and oxygen atoms in total. The zero-order chi connectivity index (χ0) is 24.5. The average Bonchev–Trinajstić information content (AvgIpc) is 2.80. The summed E-state index contributed by atoms with van der Waals surface area (Å²) < 4.78 is 20.0. The summed E-state index contributed by atoms with van der Waals surface area (Å²) in [6.45, 7) is 2.49. The van der Waals surface area contributed by atoms with Gasteiger partial charge < -0.3 is 19.9 Å². The van der Waals surface area contributed by atoms with Gasteiger partial charge in [-0.15, -0.1) is 0 Å². The number of halogens is 1. The second-order valence-corrected chi connectivity index (χ2v) is 8.91. The maximum atomic E-state index is 13.2. The van der Waals surface area contributed by atoms with Gasteiger partial charge in [0, 0.05) is 32.1 Å². The van der Waals surface area contributed by atoms with Gasteiger partial charge in [-0.05, 0) is 37.5 Å². The molecule has 0 bridgehead atoms. The van der Waals surface area contributed by atoms with Crippen molar-refractivity contribution in [2.24, 2.45) is 0 Å². The molecule has 8 heteroatoms. The van der Waals surface area contributed by atoms with E-state index in [1.54, 1.807) is 30.7 Å². The number of benzene rings is 1. The lowest BCUT2D eigenvalue weighted by molar-refractivity contribution is 0.0928. The van der Waals surface area contributed by atoms with Gasteiger partial charge in [-0.25, -0.2) is 4.39 Å². The summed E-state index contributed by atoms with van der Waals surface area (Å²) >= 11 is 0. The summed E-state index contributed by atoms with van der Waals surface area (Å²) in [7, 11) is 1.56. The molecule has 0 unspecified atom stereocenters. The van der Waals surface area contributed by atoms with E-state index in [-0.39, 0.29) is 23.0 Å². The summed E-state index contributed by atoms with van der Waals surface area (Å²) in [6, 6.07) is 5.36. The molecule has 0 aliphatic heterocycles. The largest absolute Gasteiger partial charge is 0.383 e. The van der Waals surface area contributed by atoms with Crippen LogP contribution in [0.2, 0.25) is 0 Å². The highest BCUT2D eigenvalue weighted by Crippen LogP contribution is 2.18. The number of hydrogen-bond acceptors (Lipinski definition) is 4. The number of rotatable bonds is 8. The van der Waals surface area contributed by atoms with Crippen LogP contribution in [0.5, 0.6) is 0 Å². The van der Waals surface area contributed by atoms with Gasteiger partial charge in [0.25, 0.3) is 11.8 Å². The lowest BCUT2D eigenvalue weighted by Gasteiger charge is -2.21. The number of aromatic nitrogens is 1. The van der Waals surface area contributed by atoms with Crippen LogP contribution < -0.4 is 16.1 Å². The van der Waals surface area contributed by atoms with Crippen LogP contribution in [0, 0.1) is 5.82 Å². The summed E-state index contributed by atoms with van der Waals surface area (Å²) in [5, 5.41) is 5.80. The molecule has 0 radical (unpaired) electrons. The molecule has 184 valence electrons. The maximum absolute atomic E-state index is 13.2. The first-order valence-electron chi connectivity index (χ1n) is 12.0. The standard InChI is InChI=1S/C26H34FN3O4/c1-18(19-10-12-20(27)13-11-19)28-25(32)22-16-30(14-15-34-2)17-23(24(22)31)26(33)29-21-8-6-4-3-5-7-9-21/h10-13,16-18,21H,3-9,14-15H2,1-2H3,(H,28,32)(H,29,33)/t18-/m0/s1. The number of nitrogens with zero attached hydrogens (tertiary/aromatic N) is 1. The van der Waals surface area contributed by atoms with Gasteiger partial charge in [-0.1, -0.05) is 44.2 Å². The first-order valence-corrected chi connectivity index (χ1v) is 12.0.